The van der Waals surface area contributed by atoms with Crippen LogP contribution in [0.15, 0.2) is 449 Å². The minimum atomic E-state index is -2.87. The smallest absolute Gasteiger partial charge is 0.179 e. The SMILES string of the molecule is c1ccc(-c2ccc([Si](c3ccccc3)(c3ccccc3)c3cccc(-n4c5ccccc5c5c6c(ccc54)C4c5ccccc5C6c5ccccc54)c3)cc2)cc1.c1ccc(-c2cccc([Si](c3ccccc3)(c3ccccc3)c3cccc(-n4c5ccccc5c5c6c(ccc54)C4c5ccccc5C6c5ccccc54)c3)c2)cc1. The Labute approximate surface area is 678 Å². The average Bonchev–Trinajstić information content (AvgIpc) is 1.50. The van der Waals surface area contributed by atoms with Crippen molar-refractivity contribution < 1.29 is 0 Å². The molecule has 116 heavy (non-hydrogen) atoms. The van der Waals surface area contributed by atoms with Crippen LogP contribution >= 0.6 is 0 Å². The molecule has 544 valence electrons. The van der Waals surface area contributed by atoms with Gasteiger partial charge < -0.3 is 9.13 Å². The molecule has 0 aliphatic heterocycles. The Morgan fingerprint density at radius 1 is 0.164 bits per heavy atom. The van der Waals surface area contributed by atoms with Gasteiger partial charge >= 0.3 is 0 Å². The minimum absolute atomic E-state index is 0.190. The summed E-state index contributed by atoms with van der Waals surface area (Å²) < 4.78 is 5.09. The Bertz CT molecular complexity index is 7040. The normalized spacial score (nSPS) is 15.2. The van der Waals surface area contributed by atoms with Crippen molar-refractivity contribution in [1.82, 2.24) is 9.13 Å². The monoisotopic (exact) mass is 1510 g/mol. The van der Waals surface area contributed by atoms with Crippen molar-refractivity contribution in [3.05, 3.63) is 516 Å². The van der Waals surface area contributed by atoms with Crippen molar-refractivity contribution in [2.24, 2.45) is 0 Å². The first kappa shape index (κ1) is 67.7. The zero-order chi connectivity index (χ0) is 76.4. The Hall–Kier alpha value is -14.0. The number of hydrogen-bond acceptors (Lipinski definition) is 0. The number of benzene rings is 18. The van der Waals surface area contributed by atoms with Crippen molar-refractivity contribution >= 4 is 101 Å². The van der Waals surface area contributed by atoms with Gasteiger partial charge in [-0.3, -0.25) is 0 Å². The Morgan fingerprint density at radius 2 is 0.431 bits per heavy atom. The van der Waals surface area contributed by atoms with Gasteiger partial charge in [-0.2, -0.15) is 0 Å². The molecule has 2 aromatic heterocycles. The van der Waals surface area contributed by atoms with E-state index in [2.05, 4.69) is 458 Å². The van der Waals surface area contributed by atoms with Gasteiger partial charge in [0.2, 0.25) is 0 Å². The molecule has 2 nitrogen and oxygen atoms in total. The van der Waals surface area contributed by atoms with Crippen LogP contribution in [-0.2, 0) is 0 Å². The highest BCUT2D eigenvalue weighted by atomic mass is 28.3. The molecule has 18 aromatic carbocycles. The summed E-state index contributed by atoms with van der Waals surface area (Å²) in [5.41, 5.74) is 29.8. The summed E-state index contributed by atoms with van der Waals surface area (Å²) in [5.74, 6) is 0.850. The molecular weight excluding hydrogens is 1430 g/mol. The van der Waals surface area contributed by atoms with E-state index >= 15 is 0 Å². The van der Waals surface area contributed by atoms with E-state index in [1.807, 2.05) is 0 Å². The topological polar surface area (TPSA) is 9.86 Å². The molecule has 0 amide bonds. The molecule has 0 spiro atoms. The van der Waals surface area contributed by atoms with Gasteiger partial charge in [0.15, 0.2) is 16.1 Å². The third kappa shape index (κ3) is 10.2. The Kier molecular flexibility index (Phi) is 16.0. The summed E-state index contributed by atoms with van der Waals surface area (Å²) in [5, 5.41) is 16.3. The summed E-state index contributed by atoms with van der Waals surface area (Å²) in [4.78, 5) is 0. The predicted octanol–water partition coefficient (Wildman–Crippen LogP) is 21.6. The molecule has 0 N–H and O–H groups in total. The molecule has 26 rings (SSSR count). The molecule has 0 radical (unpaired) electrons. The Balaban J connectivity index is 0.000000137. The number of nitrogens with zero attached hydrogens (tertiary/aromatic N) is 2. The lowest BCUT2D eigenvalue weighted by Gasteiger charge is -2.42. The van der Waals surface area contributed by atoms with E-state index in [-0.39, 0.29) is 23.7 Å². The van der Waals surface area contributed by atoms with Gasteiger partial charge in [-0.15, -0.1) is 0 Å². The van der Waals surface area contributed by atoms with E-state index in [0.717, 1.165) is 0 Å². The summed E-state index contributed by atoms with van der Waals surface area (Å²) in [6.45, 7) is 0. The van der Waals surface area contributed by atoms with E-state index in [0.29, 0.717) is 0 Å². The molecule has 0 unspecified atom stereocenters. The van der Waals surface area contributed by atoms with Crippen molar-refractivity contribution in [1.29, 1.82) is 0 Å². The van der Waals surface area contributed by atoms with Gasteiger partial charge in [0.05, 0.1) is 22.1 Å². The van der Waals surface area contributed by atoms with E-state index < -0.39 is 16.1 Å². The minimum Gasteiger partial charge on any atom is -0.309 e. The molecule has 4 heteroatoms. The fraction of sp³-hybridized carbons (Fsp3) is 0.0357. The molecule has 6 aliphatic rings. The van der Waals surface area contributed by atoms with Gasteiger partial charge in [0.1, 0.15) is 0 Å². The van der Waals surface area contributed by atoms with Crippen LogP contribution in [0.3, 0.4) is 0 Å². The van der Waals surface area contributed by atoms with Crippen LogP contribution in [0.1, 0.15) is 90.4 Å². The van der Waals surface area contributed by atoms with Crippen LogP contribution in [0.25, 0.3) is 77.2 Å². The lowest BCUT2D eigenvalue weighted by molar-refractivity contribution is 0.761. The lowest BCUT2D eigenvalue weighted by Crippen LogP contribution is -2.74. The van der Waals surface area contributed by atoms with Crippen molar-refractivity contribution in [2.75, 3.05) is 0 Å². The zero-order valence-corrected chi connectivity index (χ0v) is 65.9. The van der Waals surface area contributed by atoms with Crippen LogP contribution in [-0.4, -0.2) is 25.3 Å². The van der Waals surface area contributed by atoms with Gasteiger partial charge in [-0.1, -0.05) is 400 Å². The second kappa shape index (κ2) is 27.4. The molecule has 0 saturated heterocycles. The first-order valence-electron chi connectivity index (χ1n) is 40.8. The van der Waals surface area contributed by atoms with Gasteiger partial charge in [-0.25, -0.2) is 0 Å². The van der Waals surface area contributed by atoms with Gasteiger partial charge in [0, 0.05) is 56.6 Å². The van der Waals surface area contributed by atoms with Crippen LogP contribution in [0, 0.1) is 0 Å². The van der Waals surface area contributed by atoms with Crippen molar-refractivity contribution in [3.63, 3.8) is 0 Å². The second-order valence-electron chi connectivity index (χ2n) is 31.8. The standard InChI is InChI=1S/2C56H39NSi/c1-4-18-38(19-5-1)39-20-16-26-43(36-39)58(41-22-6-2-7-23-41,42-24-8-3-9-25-42)44-27-17-21-40(37-44)57-51-33-15-14-32-49(51)55-52(57)35-34-50-53-45-28-10-12-30-47(45)54(56(50)55)48-31-13-11-29-46(48)53;1-4-17-38(18-5-1)39-31-33-43(34-32-39)58(41-20-6-2-7-21-41,42-22-8-3-9-23-42)44-24-16-19-40(37-44)57-51-30-15-14-29-49(51)55-52(57)36-35-50-53-45-25-10-12-27-47(45)54(56(50)55)48-28-13-11-26-46(48)53/h2*1-37,53-54H. The fourth-order valence-electron chi connectivity index (χ4n) is 21.6. The predicted molar refractivity (Wildman–Crippen MR) is 489 cm³/mol. The summed E-state index contributed by atoms with van der Waals surface area (Å²) in [7, 11) is -5.70. The van der Waals surface area contributed by atoms with E-state index in [1.54, 1.807) is 0 Å². The summed E-state index contributed by atoms with van der Waals surface area (Å²) >= 11 is 0. The van der Waals surface area contributed by atoms with Crippen molar-refractivity contribution in [2.45, 2.75) is 23.7 Å². The third-order valence-corrected chi connectivity index (χ3v) is 35.8. The third-order valence-electron chi connectivity index (χ3n) is 26.2. The number of para-hydroxylation sites is 2. The molecule has 2 heterocycles. The van der Waals surface area contributed by atoms with Gasteiger partial charge in [-0.05, 0) is 179 Å². The molecular formula is C112H78N2Si2. The second-order valence-corrected chi connectivity index (χ2v) is 39.5. The molecule has 0 fully saturated rings. The summed E-state index contributed by atoms with van der Waals surface area (Å²) in [6, 6.07) is 169. The highest BCUT2D eigenvalue weighted by Gasteiger charge is 2.47. The number of hydrogen-bond donors (Lipinski definition) is 0. The van der Waals surface area contributed by atoms with Crippen LogP contribution in [0.5, 0.6) is 0 Å². The molecule has 0 saturated carbocycles. The first-order chi connectivity index (χ1) is 57.6. The average molecular weight is 1510 g/mol. The highest BCUT2D eigenvalue weighted by Crippen LogP contribution is 2.60. The maximum absolute atomic E-state index is 2.87. The molecule has 6 aliphatic carbocycles. The molecule has 4 bridgehead atoms. The van der Waals surface area contributed by atoms with Crippen molar-refractivity contribution in [3.8, 4) is 33.6 Å². The van der Waals surface area contributed by atoms with Crippen LogP contribution < -0.4 is 41.5 Å². The first-order valence-corrected chi connectivity index (χ1v) is 44.8. The van der Waals surface area contributed by atoms with Crippen LogP contribution in [0.4, 0.5) is 0 Å². The van der Waals surface area contributed by atoms with E-state index in [4.69, 9.17) is 0 Å². The van der Waals surface area contributed by atoms with E-state index in [9.17, 15) is 0 Å². The number of rotatable bonds is 12. The zero-order valence-electron chi connectivity index (χ0n) is 63.9. The summed E-state index contributed by atoms with van der Waals surface area (Å²) in [6.07, 6.45) is 0. The number of aromatic nitrogens is 2. The molecule has 20 aromatic rings. The maximum atomic E-state index is 2.55. The molecule has 0 atom stereocenters. The van der Waals surface area contributed by atoms with Gasteiger partial charge in [0.25, 0.3) is 0 Å². The quantitative estimate of drug-likeness (QED) is 0.0852. The van der Waals surface area contributed by atoms with Crippen LogP contribution in [0.2, 0.25) is 0 Å². The Morgan fingerprint density at radius 3 is 0.810 bits per heavy atom. The number of fused-ring (bicyclic) bond motifs is 6. The maximum Gasteiger partial charge on any atom is 0.179 e. The lowest BCUT2D eigenvalue weighted by atomic mass is 9.60. The van der Waals surface area contributed by atoms with E-state index in [1.165, 1.54) is 185 Å². The largest absolute Gasteiger partial charge is 0.309 e. The highest BCUT2D eigenvalue weighted by molar-refractivity contribution is 7.20. The fourth-order valence-corrected chi connectivity index (χ4v) is 31.2.